The Morgan fingerprint density at radius 2 is 1.81 bits per heavy atom. The quantitative estimate of drug-likeness (QED) is 0.469. The molecule has 0 fully saturated rings. The van der Waals surface area contributed by atoms with Gasteiger partial charge in [-0.1, -0.05) is 28.4 Å². The Balaban J connectivity index is 1.77. The summed E-state index contributed by atoms with van der Waals surface area (Å²) < 4.78 is 45.1. The van der Waals surface area contributed by atoms with Crippen molar-refractivity contribution < 1.29 is 17.7 Å². The van der Waals surface area contributed by atoms with Crippen molar-refractivity contribution in [3.63, 3.8) is 0 Å². The van der Waals surface area contributed by atoms with Crippen LogP contribution < -0.4 is 5.73 Å². The number of hydrogen-bond acceptors (Lipinski definition) is 5. The smallest absolute Gasteiger partial charge is 0.399 e. The van der Waals surface area contributed by atoms with E-state index in [1.54, 1.807) is 12.1 Å². The number of nitrogen functional groups attached to an aromatic ring is 1. The number of pyridine rings is 1. The van der Waals surface area contributed by atoms with Gasteiger partial charge < -0.3 is 14.7 Å². The molecule has 0 saturated heterocycles. The predicted molar refractivity (Wildman–Crippen MR) is 93.4 cm³/mol. The normalized spacial score (nSPS) is 12.0. The van der Waals surface area contributed by atoms with Crippen LogP contribution in [-0.2, 0) is 6.18 Å². The molecule has 0 unspecified atom stereocenters. The van der Waals surface area contributed by atoms with Crippen molar-refractivity contribution in [2.45, 2.75) is 6.18 Å². The zero-order valence-corrected chi connectivity index (χ0v) is 14.6. The molecule has 0 saturated carbocycles. The lowest BCUT2D eigenvalue weighted by atomic mass is 10.2. The van der Waals surface area contributed by atoms with Gasteiger partial charge >= 0.3 is 6.18 Å². The lowest BCUT2D eigenvalue weighted by Crippen LogP contribution is -2.06. The summed E-state index contributed by atoms with van der Waals surface area (Å²) in [6.45, 7) is 0. The van der Waals surface area contributed by atoms with Crippen LogP contribution in [0.25, 0.3) is 28.6 Å². The summed E-state index contributed by atoms with van der Waals surface area (Å²) in [5, 5.41) is 4.00. The maximum atomic E-state index is 12.9. The third kappa shape index (κ3) is 3.19. The molecule has 0 bridgehead atoms. The average Bonchev–Trinajstić information content (AvgIpc) is 3.20. The third-order valence-electron chi connectivity index (χ3n) is 3.71. The van der Waals surface area contributed by atoms with Crippen LogP contribution in [0.1, 0.15) is 5.56 Å². The van der Waals surface area contributed by atoms with Crippen LogP contribution in [0.2, 0.25) is 10.0 Å². The fraction of sp³-hybridized carbons (Fsp3) is 0.0625. The molecule has 0 amide bonds. The number of nitrogens with zero attached hydrogens (tertiary/aromatic N) is 4. The van der Waals surface area contributed by atoms with Crippen molar-refractivity contribution in [2.75, 3.05) is 5.73 Å². The van der Waals surface area contributed by atoms with Crippen molar-refractivity contribution >= 4 is 34.5 Å². The molecule has 6 nitrogen and oxygen atoms in total. The van der Waals surface area contributed by atoms with Crippen molar-refractivity contribution in [3.05, 3.63) is 52.3 Å². The predicted octanol–water partition coefficient (Wildman–Crippen LogP) is 4.96. The summed E-state index contributed by atoms with van der Waals surface area (Å²) in [5.41, 5.74) is 6.01. The standard InChI is InChI=1S/C16H8Cl2F3N5O/c17-10-4-8(22)1-2-9(10)13-24-15(27-25-13)12-6-26-5-7(16(19,20)21)3-11(18)14(26)23-12/h1-6H,22H2. The molecule has 4 aromatic rings. The molecule has 138 valence electrons. The number of benzene rings is 1. The molecule has 11 heteroatoms. The lowest BCUT2D eigenvalue weighted by molar-refractivity contribution is -0.137. The van der Waals surface area contributed by atoms with Gasteiger partial charge in [0, 0.05) is 23.6 Å². The van der Waals surface area contributed by atoms with E-state index in [2.05, 4.69) is 15.1 Å². The third-order valence-corrected chi connectivity index (χ3v) is 4.30. The van der Waals surface area contributed by atoms with Gasteiger partial charge in [-0.3, -0.25) is 0 Å². The van der Waals surface area contributed by atoms with Crippen LogP contribution in [0.3, 0.4) is 0 Å². The number of imidazole rings is 1. The van der Waals surface area contributed by atoms with Gasteiger partial charge in [0.05, 0.1) is 15.6 Å². The number of halogens is 5. The maximum Gasteiger partial charge on any atom is 0.417 e. The zero-order chi connectivity index (χ0) is 19.3. The van der Waals surface area contributed by atoms with Crippen LogP contribution in [0, 0.1) is 0 Å². The first-order valence-corrected chi connectivity index (χ1v) is 8.13. The molecule has 27 heavy (non-hydrogen) atoms. The van der Waals surface area contributed by atoms with Crippen LogP contribution in [0.4, 0.5) is 18.9 Å². The monoisotopic (exact) mass is 413 g/mol. The molecular weight excluding hydrogens is 406 g/mol. The van der Waals surface area contributed by atoms with Gasteiger partial charge in [-0.15, -0.1) is 0 Å². The summed E-state index contributed by atoms with van der Waals surface area (Å²) in [7, 11) is 0. The van der Waals surface area contributed by atoms with E-state index in [0.717, 1.165) is 16.7 Å². The highest BCUT2D eigenvalue weighted by molar-refractivity contribution is 6.33. The number of nitrogens with two attached hydrogens (primary N) is 1. The Morgan fingerprint density at radius 3 is 2.52 bits per heavy atom. The summed E-state index contributed by atoms with van der Waals surface area (Å²) in [4.78, 5) is 8.36. The summed E-state index contributed by atoms with van der Waals surface area (Å²) >= 11 is 12.0. The molecule has 0 atom stereocenters. The fourth-order valence-corrected chi connectivity index (χ4v) is 3.00. The Morgan fingerprint density at radius 1 is 1.04 bits per heavy atom. The molecule has 0 radical (unpaired) electrons. The number of aromatic nitrogens is 4. The van der Waals surface area contributed by atoms with Crippen LogP contribution >= 0.6 is 23.2 Å². The van der Waals surface area contributed by atoms with Gasteiger partial charge in [0.1, 0.15) is 5.69 Å². The Bertz CT molecular complexity index is 1170. The van der Waals surface area contributed by atoms with Crippen LogP contribution in [0.5, 0.6) is 0 Å². The van der Waals surface area contributed by atoms with Gasteiger partial charge in [0.15, 0.2) is 5.65 Å². The number of alkyl halides is 3. The number of hydrogen-bond donors (Lipinski definition) is 1. The fourth-order valence-electron chi connectivity index (χ4n) is 2.46. The van der Waals surface area contributed by atoms with Gasteiger partial charge in [-0.2, -0.15) is 18.2 Å². The zero-order valence-electron chi connectivity index (χ0n) is 13.1. The van der Waals surface area contributed by atoms with Crippen molar-refractivity contribution in [1.82, 2.24) is 19.5 Å². The van der Waals surface area contributed by atoms with E-state index >= 15 is 0 Å². The Hall–Kier alpha value is -2.78. The second-order valence-corrected chi connectivity index (χ2v) is 6.41. The Kier molecular flexibility index (Phi) is 4.01. The molecule has 0 spiro atoms. The SMILES string of the molecule is Nc1ccc(-c2noc(-c3cn4cc(C(F)(F)F)cc(Cl)c4n3)n2)c(Cl)c1. The maximum absolute atomic E-state index is 12.9. The number of fused-ring (bicyclic) bond motifs is 1. The number of rotatable bonds is 2. The highest BCUT2D eigenvalue weighted by atomic mass is 35.5. The highest BCUT2D eigenvalue weighted by Gasteiger charge is 2.32. The van der Waals surface area contributed by atoms with Crippen molar-refractivity contribution in [1.29, 1.82) is 0 Å². The van der Waals surface area contributed by atoms with E-state index in [4.69, 9.17) is 33.5 Å². The topological polar surface area (TPSA) is 82.2 Å². The Labute approximate surface area is 159 Å². The van der Waals surface area contributed by atoms with E-state index < -0.39 is 11.7 Å². The average molecular weight is 414 g/mol. The van der Waals surface area contributed by atoms with Crippen molar-refractivity contribution in [3.8, 4) is 23.0 Å². The van der Waals surface area contributed by atoms with E-state index in [0.29, 0.717) is 16.3 Å². The summed E-state index contributed by atoms with van der Waals surface area (Å²) in [5.74, 6) is 0.195. The first-order chi connectivity index (χ1) is 12.7. The minimum absolute atomic E-state index is 0.00576. The highest BCUT2D eigenvalue weighted by Crippen LogP contribution is 2.33. The van der Waals surface area contributed by atoms with Gasteiger partial charge in [-0.25, -0.2) is 4.98 Å². The number of anilines is 1. The van der Waals surface area contributed by atoms with Gasteiger partial charge in [-0.05, 0) is 24.3 Å². The first kappa shape index (κ1) is 17.6. The largest absolute Gasteiger partial charge is 0.417 e. The van der Waals surface area contributed by atoms with E-state index in [1.165, 1.54) is 12.3 Å². The second-order valence-electron chi connectivity index (χ2n) is 5.59. The van der Waals surface area contributed by atoms with Crippen LogP contribution in [-0.4, -0.2) is 19.5 Å². The first-order valence-electron chi connectivity index (χ1n) is 7.37. The van der Waals surface area contributed by atoms with E-state index in [-0.39, 0.29) is 28.1 Å². The van der Waals surface area contributed by atoms with E-state index in [1.807, 2.05) is 0 Å². The molecule has 2 N–H and O–H groups in total. The molecule has 1 aromatic carbocycles. The molecule has 0 aliphatic carbocycles. The minimum Gasteiger partial charge on any atom is -0.399 e. The molecule has 0 aliphatic heterocycles. The lowest BCUT2D eigenvalue weighted by Gasteiger charge is -2.07. The molecule has 3 heterocycles. The summed E-state index contributed by atoms with van der Waals surface area (Å²) in [6, 6.07) is 5.60. The van der Waals surface area contributed by atoms with Gasteiger partial charge in [0.2, 0.25) is 5.82 Å². The van der Waals surface area contributed by atoms with E-state index in [9.17, 15) is 13.2 Å². The molecular formula is C16H8Cl2F3N5O. The summed E-state index contributed by atoms with van der Waals surface area (Å²) in [6.07, 6.45) is -2.34. The molecule has 4 rings (SSSR count). The molecule has 0 aliphatic rings. The minimum atomic E-state index is -4.54. The van der Waals surface area contributed by atoms with Crippen LogP contribution in [0.15, 0.2) is 41.2 Å². The van der Waals surface area contributed by atoms with Gasteiger partial charge in [0.25, 0.3) is 5.89 Å². The molecule has 3 aromatic heterocycles. The van der Waals surface area contributed by atoms with Crippen molar-refractivity contribution in [2.24, 2.45) is 0 Å². The second kappa shape index (κ2) is 6.14.